The standard InChI is InChI=1S/C10H11N3O.ClH/c1-14-8-4-2-3-7(5-8)10-9(11)6-12-13-10;/h2-6H,11H2,1H3,(H,12,13);1H. The average molecular weight is 226 g/mol. The molecule has 2 rings (SSSR count). The molecule has 80 valence electrons. The number of nitrogen functional groups attached to an aromatic ring is 1. The summed E-state index contributed by atoms with van der Waals surface area (Å²) in [5.74, 6) is 0.802. The lowest BCUT2D eigenvalue weighted by molar-refractivity contribution is 0.415. The van der Waals surface area contributed by atoms with Crippen LogP contribution in [0.1, 0.15) is 0 Å². The van der Waals surface area contributed by atoms with Crippen molar-refractivity contribution in [3.05, 3.63) is 30.5 Å². The van der Waals surface area contributed by atoms with E-state index < -0.39 is 0 Å². The number of aromatic nitrogens is 2. The maximum absolute atomic E-state index is 5.73. The summed E-state index contributed by atoms with van der Waals surface area (Å²) in [6, 6.07) is 7.65. The summed E-state index contributed by atoms with van der Waals surface area (Å²) in [6.07, 6.45) is 1.59. The molecule has 5 heteroatoms. The molecule has 0 unspecified atom stereocenters. The fourth-order valence-electron chi connectivity index (χ4n) is 1.31. The predicted molar refractivity (Wildman–Crippen MR) is 62.2 cm³/mol. The maximum atomic E-state index is 5.73. The first-order chi connectivity index (χ1) is 6.81. The number of rotatable bonds is 2. The van der Waals surface area contributed by atoms with E-state index in [2.05, 4.69) is 10.2 Å². The number of anilines is 1. The Morgan fingerprint density at radius 2 is 2.20 bits per heavy atom. The second-order valence-corrected chi connectivity index (χ2v) is 2.93. The van der Waals surface area contributed by atoms with E-state index in [-0.39, 0.29) is 12.4 Å². The van der Waals surface area contributed by atoms with E-state index in [1.807, 2.05) is 24.3 Å². The first kappa shape index (κ1) is 11.4. The second-order valence-electron chi connectivity index (χ2n) is 2.93. The Labute approximate surface area is 93.9 Å². The van der Waals surface area contributed by atoms with Crippen LogP contribution in [0.25, 0.3) is 11.3 Å². The van der Waals surface area contributed by atoms with Crippen molar-refractivity contribution < 1.29 is 4.74 Å². The number of nitrogens with one attached hydrogen (secondary N) is 1. The molecule has 0 saturated carbocycles. The van der Waals surface area contributed by atoms with E-state index in [9.17, 15) is 0 Å². The zero-order valence-electron chi connectivity index (χ0n) is 8.23. The lowest BCUT2D eigenvalue weighted by atomic mass is 10.1. The Bertz CT molecular complexity index is 442. The van der Waals surface area contributed by atoms with Gasteiger partial charge in [-0.15, -0.1) is 12.4 Å². The zero-order valence-corrected chi connectivity index (χ0v) is 9.04. The van der Waals surface area contributed by atoms with Gasteiger partial charge in [-0.1, -0.05) is 12.1 Å². The fraction of sp³-hybridized carbons (Fsp3) is 0.100. The quantitative estimate of drug-likeness (QED) is 0.823. The molecule has 1 heterocycles. The summed E-state index contributed by atoms with van der Waals surface area (Å²) in [5, 5.41) is 6.71. The van der Waals surface area contributed by atoms with Gasteiger partial charge in [-0.05, 0) is 12.1 Å². The van der Waals surface area contributed by atoms with Crippen LogP contribution in [0.15, 0.2) is 30.5 Å². The highest BCUT2D eigenvalue weighted by molar-refractivity contribution is 5.85. The third kappa shape index (κ3) is 2.22. The minimum atomic E-state index is 0. The number of H-pyrrole nitrogens is 1. The molecule has 0 bridgehead atoms. The molecule has 1 aromatic carbocycles. The van der Waals surface area contributed by atoms with Gasteiger partial charge in [0.1, 0.15) is 5.75 Å². The SMILES string of the molecule is COc1cccc(-c2[nH]ncc2N)c1.Cl. The molecule has 0 aliphatic heterocycles. The first-order valence-corrected chi connectivity index (χ1v) is 4.24. The third-order valence-electron chi connectivity index (χ3n) is 2.03. The lowest BCUT2D eigenvalue weighted by Gasteiger charge is -2.02. The van der Waals surface area contributed by atoms with Crippen LogP contribution in [0, 0.1) is 0 Å². The molecule has 0 amide bonds. The van der Waals surface area contributed by atoms with Gasteiger partial charge in [0, 0.05) is 5.56 Å². The summed E-state index contributed by atoms with van der Waals surface area (Å²) in [5.41, 5.74) is 8.16. The summed E-state index contributed by atoms with van der Waals surface area (Å²) >= 11 is 0. The molecule has 3 N–H and O–H groups in total. The molecular weight excluding hydrogens is 214 g/mol. The van der Waals surface area contributed by atoms with Crippen molar-refractivity contribution in [1.82, 2.24) is 10.2 Å². The number of halogens is 1. The maximum Gasteiger partial charge on any atom is 0.119 e. The van der Waals surface area contributed by atoms with E-state index in [0.717, 1.165) is 17.0 Å². The Hall–Kier alpha value is -1.68. The summed E-state index contributed by atoms with van der Waals surface area (Å²) in [6.45, 7) is 0. The van der Waals surface area contributed by atoms with Crippen LogP contribution in [0.5, 0.6) is 5.75 Å². The highest BCUT2D eigenvalue weighted by atomic mass is 35.5. The van der Waals surface area contributed by atoms with Gasteiger partial charge in [-0.2, -0.15) is 5.10 Å². The largest absolute Gasteiger partial charge is 0.497 e. The van der Waals surface area contributed by atoms with Crippen LogP contribution in [0.3, 0.4) is 0 Å². The predicted octanol–water partition coefficient (Wildman–Crippen LogP) is 2.09. The van der Waals surface area contributed by atoms with Crippen molar-refractivity contribution in [2.75, 3.05) is 12.8 Å². The van der Waals surface area contributed by atoms with Gasteiger partial charge < -0.3 is 10.5 Å². The van der Waals surface area contributed by atoms with Crippen LogP contribution < -0.4 is 10.5 Å². The Morgan fingerprint density at radius 1 is 1.40 bits per heavy atom. The van der Waals surface area contributed by atoms with Gasteiger partial charge in [0.05, 0.1) is 24.7 Å². The fourth-order valence-corrected chi connectivity index (χ4v) is 1.31. The molecule has 0 fully saturated rings. The van der Waals surface area contributed by atoms with Gasteiger partial charge in [-0.3, -0.25) is 5.10 Å². The number of nitrogens with two attached hydrogens (primary N) is 1. The lowest BCUT2D eigenvalue weighted by Crippen LogP contribution is -1.88. The molecule has 1 aromatic heterocycles. The highest BCUT2D eigenvalue weighted by Gasteiger charge is 2.04. The van der Waals surface area contributed by atoms with Gasteiger partial charge in [0.15, 0.2) is 0 Å². The molecule has 0 spiro atoms. The minimum absolute atomic E-state index is 0. The van der Waals surface area contributed by atoms with Crippen LogP contribution in [0.4, 0.5) is 5.69 Å². The minimum Gasteiger partial charge on any atom is -0.497 e. The van der Waals surface area contributed by atoms with Crippen LogP contribution in [-0.2, 0) is 0 Å². The third-order valence-corrected chi connectivity index (χ3v) is 2.03. The number of hydrogen-bond donors (Lipinski definition) is 2. The van der Waals surface area contributed by atoms with Crippen molar-refractivity contribution in [3.63, 3.8) is 0 Å². The van der Waals surface area contributed by atoms with E-state index in [4.69, 9.17) is 10.5 Å². The molecule has 0 aliphatic rings. The number of aromatic amines is 1. The number of ether oxygens (including phenoxy) is 1. The van der Waals surface area contributed by atoms with Crippen molar-refractivity contribution in [1.29, 1.82) is 0 Å². The number of benzene rings is 1. The molecule has 4 nitrogen and oxygen atoms in total. The van der Waals surface area contributed by atoms with Gasteiger partial charge in [-0.25, -0.2) is 0 Å². The summed E-state index contributed by atoms with van der Waals surface area (Å²) < 4.78 is 5.12. The molecular formula is C10H12ClN3O. The van der Waals surface area contributed by atoms with Crippen molar-refractivity contribution in [2.45, 2.75) is 0 Å². The van der Waals surface area contributed by atoms with Crippen molar-refractivity contribution in [2.24, 2.45) is 0 Å². The number of hydrogen-bond acceptors (Lipinski definition) is 3. The second kappa shape index (κ2) is 4.70. The monoisotopic (exact) mass is 225 g/mol. The normalized spacial score (nSPS) is 9.40. The van der Waals surface area contributed by atoms with Crippen LogP contribution >= 0.6 is 12.4 Å². The topological polar surface area (TPSA) is 63.9 Å². The summed E-state index contributed by atoms with van der Waals surface area (Å²) in [4.78, 5) is 0. The van der Waals surface area contributed by atoms with Crippen molar-refractivity contribution >= 4 is 18.1 Å². The molecule has 0 atom stereocenters. The van der Waals surface area contributed by atoms with Crippen LogP contribution in [-0.4, -0.2) is 17.3 Å². The van der Waals surface area contributed by atoms with Gasteiger partial charge in [0.25, 0.3) is 0 Å². The number of nitrogens with zero attached hydrogens (tertiary/aromatic N) is 1. The molecule has 2 aromatic rings. The van der Waals surface area contributed by atoms with E-state index in [1.165, 1.54) is 0 Å². The molecule has 0 radical (unpaired) electrons. The first-order valence-electron chi connectivity index (χ1n) is 4.24. The molecule has 0 aliphatic carbocycles. The highest BCUT2D eigenvalue weighted by Crippen LogP contribution is 2.25. The van der Waals surface area contributed by atoms with Crippen LogP contribution in [0.2, 0.25) is 0 Å². The Kier molecular flexibility index (Phi) is 3.57. The Morgan fingerprint density at radius 3 is 2.80 bits per heavy atom. The zero-order chi connectivity index (χ0) is 9.97. The summed E-state index contributed by atoms with van der Waals surface area (Å²) in [7, 11) is 1.63. The van der Waals surface area contributed by atoms with E-state index >= 15 is 0 Å². The van der Waals surface area contributed by atoms with E-state index in [1.54, 1.807) is 13.3 Å². The Balaban J connectivity index is 0.00000112. The smallest absolute Gasteiger partial charge is 0.119 e. The van der Waals surface area contributed by atoms with Gasteiger partial charge in [0.2, 0.25) is 0 Å². The van der Waals surface area contributed by atoms with Gasteiger partial charge >= 0.3 is 0 Å². The molecule has 15 heavy (non-hydrogen) atoms. The van der Waals surface area contributed by atoms with E-state index in [0.29, 0.717) is 5.69 Å². The van der Waals surface area contributed by atoms with Crippen molar-refractivity contribution in [3.8, 4) is 17.0 Å². The molecule has 0 saturated heterocycles. The number of methoxy groups -OCH3 is 1. The average Bonchev–Trinajstić information content (AvgIpc) is 2.65.